The van der Waals surface area contributed by atoms with E-state index in [9.17, 15) is 0 Å². The number of aliphatic imine (C=N–C) groups is 1. The molecule has 0 aliphatic rings. The highest BCUT2D eigenvalue weighted by Crippen LogP contribution is 2.19. The lowest BCUT2D eigenvalue weighted by Crippen LogP contribution is -2.08. The minimum absolute atomic E-state index is 0.299. The summed E-state index contributed by atoms with van der Waals surface area (Å²) < 4.78 is 5.22. The molecule has 0 heterocycles. The molecule has 0 fully saturated rings. The van der Waals surface area contributed by atoms with Gasteiger partial charge in [-0.05, 0) is 38.2 Å². The summed E-state index contributed by atoms with van der Waals surface area (Å²) >= 11 is 0. The summed E-state index contributed by atoms with van der Waals surface area (Å²) in [5, 5.41) is 0. The molecule has 0 saturated carbocycles. The van der Waals surface area contributed by atoms with Crippen molar-refractivity contribution in [2.24, 2.45) is 16.6 Å². The molecule has 0 aliphatic heterocycles. The van der Waals surface area contributed by atoms with Gasteiger partial charge in [-0.1, -0.05) is 19.6 Å². The maximum Gasteiger partial charge on any atom is 0.0957 e. The predicted molar refractivity (Wildman–Crippen MR) is 70.4 cm³/mol. The second-order valence-electron chi connectivity index (χ2n) is 4.13. The monoisotopic (exact) mass is 224 g/mol. The molecular formula is C13H24N2O. The molecule has 0 aromatic carbocycles. The van der Waals surface area contributed by atoms with Gasteiger partial charge in [-0.15, -0.1) is 0 Å². The van der Waals surface area contributed by atoms with Gasteiger partial charge in [0.25, 0.3) is 0 Å². The molecule has 2 N–H and O–H groups in total. The van der Waals surface area contributed by atoms with Crippen molar-refractivity contribution >= 4 is 5.84 Å². The third kappa shape index (κ3) is 6.40. The van der Waals surface area contributed by atoms with Crippen LogP contribution in [-0.4, -0.2) is 19.0 Å². The fourth-order valence-electron chi connectivity index (χ4n) is 1.33. The first-order chi connectivity index (χ1) is 7.51. The van der Waals surface area contributed by atoms with Crippen LogP contribution in [0.4, 0.5) is 0 Å². The van der Waals surface area contributed by atoms with E-state index in [1.54, 1.807) is 20.2 Å². The van der Waals surface area contributed by atoms with Crippen molar-refractivity contribution < 1.29 is 4.74 Å². The second-order valence-corrected chi connectivity index (χ2v) is 4.13. The SMILES string of the molecule is C=C/C(=C\N=C(C)N)C(C)CCC(C)OC. The topological polar surface area (TPSA) is 47.6 Å². The molecule has 3 heteroatoms. The van der Waals surface area contributed by atoms with Crippen LogP contribution in [0.3, 0.4) is 0 Å². The molecule has 0 spiro atoms. The van der Waals surface area contributed by atoms with Gasteiger partial charge in [0.2, 0.25) is 0 Å². The third-order valence-corrected chi connectivity index (χ3v) is 2.63. The van der Waals surface area contributed by atoms with Crippen LogP contribution in [0, 0.1) is 5.92 Å². The van der Waals surface area contributed by atoms with Crippen molar-refractivity contribution in [2.45, 2.75) is 39.7 Å². The maximum absolute atomic E-state index is 5.49. The summed E-state index contributed by atoms with van der Waals surface area (Å²) in [5.41, 5.74) is 6.61. The molecule has 0 rings (SSSR count). The summed E-state index contributed by atoms with van der Waals surface area (Å²) in [6, 6.07) is 0. The number of hydrogen-bond acceptors (Lipinski definition) is 2. The molecule has 2 unspecified atom stereocenters. The molecule has 2 atom stereocenters. The highest BCUT2D eigenvalue weighted by atomic mass is 16.5. The standard InChI is InChI=1S/C13H24N2O/c1-6-13(9-15-12(4)14)10(2)7-8-11(3)16-5/h6,9-11H,1,7-8H2,2-5H3,(H2,14,15)/b13-9+. The zero-order valence-corrected chi connectivity index (χ0v) is 10.9. The van der Waals surface area contributed by atoms with E-state index < -0.39 is 0 Å². The van der Waals surface area contributed by atoms with Gasteiger partial charge in [0.05, 0.1) is 11.9 Å². The minimum Gasteiger partial charge on any atom is -0.387 e. The fourth-order valence-corrected chi connectivity index (χ4v) is 1.33. The van der Waals surface area contributed by atoms with Gasteiger partial charge in [-0.25, -0.2) is 4.99 Å². The smallest absolute Gasteiger partial charge is 0.0957 e. The highest BCUT2D eigenvalue weighted by Gasteiger charge is 2.08. The van der Waals surface area contributed by atoms with E-state index in [2.05, 4.69) is 25.4 Å². The third-order valence-electron chi connectivity index (χ3n) is 2.63. The van der Waals surface area contributed by atoms with Crippen molar-refractivity contribution in [3.63, 3.8) is 0 Å². The van der Waals surface area contributed by atoms with Gasteiger partial charge >= 0.3 is 0 Å². The zero-order valence-electron chi connectivity index (χ0n) is 10.9. The largest absolute Gasteiger partial charge is 0.387 e. The Hall–Kier alpha value is -1.09. The van der Waals surface area contributed by atoms with Crippen molar-refractivity contribution in [1.29, 1.82) is 0 Å². The van der Waals surface area contributed by atoms with Crippen LogP contribution >= 0.6 is 0 Å². The molecule has 0 bridgehead atoms. The van der Waals surface area contributed by atoms with Gasteiger partial charge < -0.3 is 10.5 Å². The van der Waals surface area contributed by atoms with Crippen molar-refractivity contribution in [3.05, 3.63) is 24.4 Å². The van der Waals surface area contributed by atoms with Crippen molar-refractivity contribution in [3.8, 4) is 0 Å². The van der Waals surface area contributed by atoms with Crippen LogP contribution in [0.5, 0.6) is 0 Å². The molecule has 92 valence electrons. The Morgan fingerprint density at radius 2 is 2.06 bits per heavy atom. The van der Waals surface area contributed by atoms with Crippen molar-refractivity contribution in [1.82, 2.24) is 0 Å². The predicted octanol–water partition coefficient (Wildman–Crippen LogP) is 2.88. The molecule has 16 heavy (non-hydrogen) atoms. The Kier molecular flexibility index (Phi) is 7.56. The van der Waals surface area contributed by atoms with E-state index in [4.69, 9.17) is 10.5 Å². The van der Waals surface area contributed by atoms with E-state index in [1.807, 2.05) is 6.08 Å². The molecule has 0 aromatic heterocycles. The van der Waals surface area contributed by atoms with Crippen LogP contribution in [-0.2, 0) is 4.74 Å². The quantitative estimate of drug-likeness (QED) is 0.410. The van der Waals surface area contributed by atoms with Gasteiger partial charge in [-0.3, -0.25) is 0 Å². The number of rotatable bonds is 7. The average molecular weight is 224 g/mol. The van der Waals surface area contributed by atoms with E-state index in [0.717, 1.165) is 18.4 Å². The number of allylic oxidation sites excluding steroid dienone is 2. The highest BCUT2D eigenvalue weighted by molar-refractivity contribution is 5.78. The van der Waals surface area contributed by atoms with Crippen molar-refractivity contribution in [2.75, 3.05) is 7.11 Å². The lowest BCUT2D eigenvalue weighted by atomic mass is 9.95. The summed E-state index contributed by atoms with van der Waals surface area (Å²) in [5.74, 6) is 0.995. The minimum atomic E-state index is 0.299. The van der Waals surface area contributed by atoms with E-state index in [-0.39, 0.29) is 0 Å². The van der Waals surface area contributed by atoms with E-state index in [1.165, 1.54) is 0 Å². The van der Waals surface area contributed by atoms with Gasteiger partial charge in [-0.2, -0.15) is 0 Å². The first-order valence-corrected chi connectivity index (χ1v) is 5.66. The number of amidine groups is 1. The summed E-state index contributed by atoms with van der Waals surface area (Å²) in [6.45, 7) is 9.81. The second kappa shape index (κ2) is 8.11. The zero-order chi connectivity index (χ0) is 12.6. The number of hydrogen-bond donors (Lipinski definition) is 1. The average Bonchev–Trinajstić information content (AvgIpc) is 2.26. The first-order valence-electron chi connectivity index (χ1n) is 5.66. The summed E-state index contributed by atoms with van der Waals surface area (Å²) in [7, 11) is 1.74. The van der Waals surface area contributed by atoms with E-state index >= 15 is 0 Å². The van der Waals surface area contributed by atoms with Gasteiger partial charge in [0, 0.05) is 13.3 Å². The summed E-state index contributed by atoms with van der Waals surface area (Å²) in [6.07, 6.45) is 6.03. The molecule has 0 amide bonds. The number of nitrogens with zero attached hydrogens (tertiary/aromatic N) is 1. The molecule has 0 aliphatic carbocycles. The maximum atomic E-state index is 5.49. The fraction of sp³-hybridized carbons (Fsp3) is 0.615. The Morgan fingerprint density at radius 3 is 2.50 bits per heavy atom. The molecule has 0 radical (unpaired) electrons. The van der Waals surface area contributed by atoms with Gasteiger partial charge in [0.1, 0.15) is 0 Å². The molecule has 3 nitrogen and oxygen atoms in total. The lowest BCUT2D eigenvalue weighted by molar-refractivity contribution is 0.106. The Balaban J connectivity index is 4.31. The normalized spacial score (nSPS) is 17.0. The van der Waals surface area contributed by atoms with Crippen LogP contribution < -0.4 is 5.73 Å². The van der Waals surface area contributed by atoms with Crippen LogP contribution in [0.1, 0.15) is 33.6 Å². The first kappa shape index (κ1) is 14.9. The van der Waals surface area contributed by atoms with Gasteiger partial charge in [0.15, 0.2) is 0 Å². The number of ether oxygens (including phenoxy) is 1. The number of methoxy groups -OCH3 is 1. The van der Waals surface area contributed by atoms with Crippen LogP contribution in [0.25, 0.3) is 0 Å². The molecule has 0 saturated heterocycles. The number of nitrogens with two attached hydrogens (primary N) is 1. The molecular weight excluding hydrogens is 200 g/mol. The molecule has 0 aromatic rings. The Labute approximate surface area is 99.1 Å². The Bertz CT molecular complexity index is 265. The lowest BCUT2D eigenvalue weighted by Gasteiger charge is -2.15. The summed E-state index contributed by atoms with van der Waals surface area (Å²) in [4.78, 5) is 4.09. The van der Waals surface area contributed by atoms with E-state index in [0.29, 0.717) is 17.9 Å². The van der Waals surface area contributed by atoms with Crippen LogP contribution in [0.2, 0.25) is 0 Å². The Morgan fingerprint density at radius 1 is 1.44 bits per heavy atom. The van der Waals surface area contributed by atoms with Crippen LogP contribution in [0.15, 0.2) is 29.4 Å².